The van der Waals surface area contributed by atoms with Gasteiger partial charge in [0.05, 0.1) is 0 Å². The zero-order valence-corrected chi connectivity index (χ0v) is 12.0. The fourth-order valence-electron chi connectivity index (χ4n) is 2.13. The number of unbranched alkanes of at least 4 members (excludes halogenated alkanes) is 6. The third-order valence-electron chi connectivity index (χ3n) is 3.29. The maximum absolute atomic E-state index is 4.25. The molecular weight excluding hydrogens is 220 g/mol. The van der Waals surface area contributed by atoms with Crippen molar-refractivity contribution in [2.24, 2.45) is 0 Å². The molecule has 0 aromatic carbocycles. The van der Waals surface area contributed by atoms with Crippen molar-refractivity contribution in [3.63, 3.8) is 0 Å². The summed E-state index contributed by atoms with van der Waals surface area (Å²) in [7, 11) is 0. The zero-order chi connectivity index (χ0) is 13.1. The Balaban J connectivity index is 2.27. The molecule has 0 spiro atoms. The lowest BCUT2D eigenvalue weighted by Crippen LogP contribution is -1.97. The Kier molecular flexibility index (Phi) is 8.45. The average molecular weight is 247 g/mol. The van der Waals surface area contributed by atoms with Crippen molar-refractivity contribution < 1.29 is 0 Å². The van der Waals surface area contributed by atoms with Crippen LogP contribution in [0.3, 0.4) is 0 Å². The van der Waals surface area contributed by atoms with Crippen molar-refractivity contribution in [2.75, 3.05) is 0 Å². The molecule has 0 aliphatic rings. The van der Waals surface area contributed by atoms with E-state index < -0.39 is 0 Å². The number of nitrogens with zero attached hydrogens (tertiary/aromatic N) is 2. The van der Waals surface area contributed by atoms with E-state index in [9.17, 15) is 0 Å². The standard InChI is InChI=1S/C16H27N2/c1-3-5-7-9-11-15-13-16(18-14-17-15)12-10-8-6-4-2/h13H,3-12H2,1-2H3. The number of hydrogen-bond acceptors (Lipinski definition) is 2. The van der Waals surface area contributed by atoms with E-state index in [4.69, 9.17) is 0 Å². The summed E-state index contributed by atoms with van der Waals surface area (Å²) in [5.74, 6) is 0. The molecule has 2 nitrogen and oxygen atoms in total. The van der Waals surface area contributed by atoms with Gasteiger partial charge in [-0.05, 0) is 31.7 Å². The van der Waals surface area contributed by atoms with Gasteiger partial charge in [0.2, 0.25) is 0 Å². The molecule has 0 unspecified atom stereocenters. The van der Waals surface area contributed by atoms with Gasteiger partial charge < -0.3 is 0 Å². The van der Waals surface area contributed by atoms with Crippen LogP contribution in [0.4, 0.5) is 0 Å². The molecule has 2 heteroatoms. The number of rotatable bonds is 10. The quantitative estimate of drug-likeness (QED) is 0.568. The molecule has 0 aliphatic heterocycles. The summed E-state index contributed by atoms with van der Waals surface area (Å²) in [4.78, 5) is 8.49. The van der Waals surface area contributed by atoms with Gasteiger partial charge in [-0.1, -0.05) is 52.4 Å². The third kappa shape index (κ3) is 6.73. The summed E-state index contributed by atoms with van der Waals surface area (Å²) in [5, 5.41) is 0. The van der Waals surface area contributed by atoms with E-state index >= 15 is 0 Å². The fraction of sp³-hybridized carbons (Fsp3) is 0.750. The molecule has 0 atom stereocenters. The topological polar surface area (TPSA) is 25.8 Å². The molecule has 1 radical (unpaired) electrons. The minimum absolute atomic E-state index is 1.08. The first kappa shape index (κ1) is 15.1. The Labute approximate surface area is 112 Å². The molecule has 1 heterocycles. The van der Waals surface area contributed by atoms with Crippen LogP contribution in [0.25, 0.3) is 0 Å². The summed E-state index contributed by atoms with van der Waals surface area (Å²) < 4.78 is 0. The first-order valence-electron chi connectivity index (χ1n) is 7.59. The Morgan fingerprint density at radius 3 is 1.72 bits per heavy atom. The second-order valence-electron chi connectivity index (χ2n) is 5.07. The van der Waals surface area contributed by atoms with Crippen LogP contribution in [0.5, 0.6) is 0 Å². The van der Waals surface area contributed by atoms with Crippen molar-refractivity contribution in [1.29, 1.82) is 0 Å². The monoisotopic (exact) mass is 247 g/mol. The maximum atomic E-state index is 4.25. The SMILES string of the molecule is CCCCCCc1cc(CCCCCC)n[c]n1. The van der Waals surface area contributed by atoms with Crippen molar-refractivity contribution in [3.05, 3.63) is 23.8 Å². The van der Waals surface area contributed by atoms with Gasteiger partial charge in [0, 0.05) is 11.4 Å². The molecule has 0 N–H and O–H groups in total. The molecule has 0 fully saturated rings. The Morgan fingerprint density at radius 2 is 1.28 bits per heavy atom. The fourth-order valence-corrected chi connectivity index (χ4v) is 2.13. The summed E-state index contributed by atoms with van der Waals surface area (Å²) in [5.41, 5.74) is 2.35. The molecule has 1 aromatic heterocycles. The van der Waals surface area contributed by atoms with E-state index in [0.717, 1.165) is 12.8 Å². The molecule has 101 valence electrons. The Hall–Kier alpha value is -0.920. The number of aryl methyl sites for hydroxylation is 2. The second kappa shape index (κ2) is 10.0. The van der Waals surface area contributed by atoms with Crippen molar-refractivity contribution in [1.82, 2.24) is 9.97 Å². The van der Waals surface area contributed by atoms with E-state index in [-0.39, 0.29) is 0 Å². The molecule has 18 heavy (non-hydrogen) atoms. The van der Waals surface area contributed by atoms with Crippen molar-refractivity contribution >= 4 is 0 Å². The van der Waals surface area contributed by atoms with Crippen molar-refractivity contribution in [3.8, 4) is 0 Å². The number of aromatic nitrogens is 2. The van der Waals surface area contributed by atoms with Gasteiger partial charge in [-0.2, -0.15) is 0 Å². The average Bonchev–Trinajstić information content (AvgIpc) is 2.40. The van der Waals surface area contributed by atoms with E-state index in [1.165, 1.54) is 62.8 Å². The maximum Gasteiger partial charge on any atom is 0.198 e. The molecule has 0 amide bonds. The van der Waals surface area contributed by atoms with E-state index in [2.05, 4.69) is 36.2 Å². The summed E-state index contributed by atoms with van der Waals surface area (Å²) in [6, 6.07) is 2.17. The zero-order valence-electron chi connectivity index (χ0n) is 12.0. The van der Waals surface area contributed by atoms with Crippen LogP contribution in [-0.4, -0.2) is 9.97 Å². The lowest BCUT2D eigenvalue weighted by molar-refractivity contribution is 0.649. The number of hydrogen-bond donors (Lipinski definition) is 0. The van der Waals surface area contributed by atoms with Crippen LogP contribution in [0.2, 0.25) is 0 Å². The largest absolute Gasteiger partial charge is 0.230 e. The summed E-state index contributed by atoms with van der Waals surface area (Å²) >= 11 is 0. The summed E-state index contributed by atoms with van der Waals surface area (Å²) in [6.07, 6.45) is 15.3. The molecular formula is C16H27N2. The third-order valence-corrected chi connectivity index (χ3v) is 3.29. The lowest BCUT2D eigenvalue weighted by atomic mass is 10.1. The van der Waals surface area contributed by atoms with Crippen LogP contribution in [0.15, 0.2) is 6.07 Å². The first-order chi connectivity index (χ1) is 8.86. The van der Waals surface area contributed by atoms with Gasteiger partial charge in [-0.15, -0.1) is 0 Å². The van der Waals surface area contributed by atoms with Crippen molar-refractivity contribution in [2.45, 2.75) is 78.1 Å². The minimum Gasteiger partial charge on any atom is -0.230 e. The van der Waals surface area contributed by atoms with E-state index in [1.54, 1.807) is 0 Å². The predicted octanol–water partition coefficient (Wildman–Crippen LogP) is 4.52. The lowest BCUT2D eigenvalue weighted by Gasteiger charge is -2.03. The summed E-state index contributed by atoms with van der Waals surface area (Å²) in [6.45, 7) is 4.49. The Bertz CT molecular complexity index is 282. The molecule has 1 rings (SSSR count). The van der Waals surface area contributed by atoms with Gasteiger partial charge in [0.15, 0.2) is 6.33 Å². The van der Waals surface area contributed by atoms with Crippen LogP contribution in [0, 0.1) is 6.33 Å². The predicted molar refractivity (Wildman–Crippen MR) is 76.6 cm³/mol. The Morgan fingerprint density at radius 1 is 0.778 bits per heavy atom. The highest BCUT2D eigenvalue weighted by Gasteiger charge is 2.00. The van der Waals surface area contributed by atoms with Gasteiger partial charge in [0.1, 0.15) is 0 Å². The highest BCUT2D eigenvalue weighted by atomic mass is 14.8. The van der Waals surface area contributed by atoms with Gasteiger partial charge in [0.25, 0.3) is 0 Å². The van der Waals surface area contributed by atoms with Gasteiger partial charge >= 0.3 is 0 Å². The van der Waals surface area contributed by atoms with Gasteiger partial charge in [-0.3, -0.25) is 0 Å². The molecule has 0 saturated carbocycles. The first-order valence-corrected chi connectivity index (χ1v) is 7.59. The van der Waals surface area contributed by atoms with Crippen LogP contribution >= 0.6 is 0 Å². The molecule has 0 bridgehead atoms. The van der Waals surface area contributed by atoms with E-state index in [0.29, 0.717) is 0 Å². The van der Waals surface area contributed by atoms with Gasteiger partial charge in [-0.25, -0.2) is 9.97 Å². The normalized spacial score (nSPS) is 10.8. The van der Waals surface area contributed by atoms with E-state index in [1.807, 2.05) is 0 Å². The molecule has 0 aliphatic carbocycles. The highest BCUT2D eigenvalue weighted by molar-refractivity contribution is 5.08. The molecule has 1 aromatic rings. The van der Waals surface area contributed by atoms with Crippen LogP contribution in [-0.2, 0) is 12.8 Å². The highest BCUT2D eigenvalue weighted by Crippen LogP contribution is 2.09. The van der Waals surface area contributed by atoms with Crippen LogP contribution < -0.4 is 0 Å². The minimum atomic E-state index is 1.08. The van der Waals surface area contributed by atoms with Crippen LogP contribution in [0.1, 0.15) is 76.6 Å². The smallest absolute Gasteiger partial charge is 0.198 e. The molecule has 0 saturated heterocycles. The second-order valence-corrected chi connectivity index (χ2v) is 5.07.